The molecule has 0 aromatic carbocycles. The van der Waals surface area contributed by atoms with Crippen LogP contribution in [0.25, 0.3) is 0 Å². The van der Waals surface area contributed by atoms with Crippen molar-refractivity contribution >= 4 is 42.1 Å². The SMILES string of the molecule is Cc1nc(C)c(CNC(=O)[C@@H](N)C(C)(C)C)s1.Cl.Cl. The number of carbonyl (C=O) groups is 1. The summed E-state index contributed by atoms with van der Waals surface area (Å²) in [5.74, 6) is -0.108. The molecule has 1 rings (SSSR count). The molecule has 3 N–H and O–H groups in total. The number of halogens is 2. The van der Waals surface area contributed by atoms with Crippen molar-refractivity contribution in [3.05, 3.63) is 15.6 Å². The van der Waals surface area contributed by atoms with Crippen molar-refractivity contribution in [3.63, 3.8) is 0 Å². The standard InChI is InChI=1S/C12H21N3OS.2ClH/c1-7-9(17-8(2)15-7)6-14-11(16)10(13)12(3,4)5;;/h10H,6,13H2,1-5H3,(H,14,16);2*1H/t10-;;/m1../s1. The number of nitrogens with two attached hydrogens (primary N) is 1. The molecule has 1 atom stereocenters. The first-order chi connectivity index (χ1) is 7.71. The minimum absolute atomic E-state index is 0. The molecule has 1 amide bonds. The monoisotopic (exact) mass is 327 g/mol. The molecule has 0 aliphatic rings. The highest BCUT2D eigenvalue weighted by Crippen LogP contribution is 2.19. The average molecular weight is 328 g/mol. The number of thiazole rings is 1. The molecular formula is C12H23Cl2N3OS. The number of rotatable bonds is 3. The van der Waals surface area contributed by atoms with E-state index in [9.17, 15) is 4.79 Å². The minimum atomic E-state index is -0.489. The zero-order valence-electron chi connectivity index (χ0n) is 11.9. The predicted molar refractivity (Wildman–Crippen MR) is 85.4 cm³/mol. The third-order valence-corrected chi connectivity index (χ3v) is 3.71. The van der Waals surface area contributed by atoms with Crippen molar-refractivity contribution in [2.75, 3.05) is 0 Å². The lowest BCUT2D eigenvalue weighted by atomic mass is 9.87. The minimum Gasteiger partial charge on any atom is -0.350 e. The van der Waals surface area contributed by atoms with E-state index in [-0.39, 0.29) is 36.1 Å². The summed E-state index contributed by atoms with van der Waals surface area (Å²) in [7, 11) is 0. The summed E-state index contributed by atoms with van der Waals surface area (Å²) < 4.78 is 0. The topological polar surface area (TPSA) is 68.0 Å². The molecule has 0 aliphatic carbocycles. The number of carbonyl (C=O) groups excluding carboxylic acids is 1. The molecular weight excluding hydrogens is 305 g/mol. The Hall–Kier alpha value is -0.360. The van der Waals surface area contributed by atoms with Crippen LogP contribution in [0.5, 0.6) is 0 Å². The molecule has 0 unspecified atom stereocenters. The Morgan fingerprint density at radius 3 is 2.26 bits per heavy atom. The fourth-order valence-electron chi connectivity index (χ4n) is 1.41. The van der Waals surface area contributed by atoms with E-state index in [1.165, 1.54) is 0 Å². The van der Waals surface area contributed by atoms with Crippen LogP contribution in [0.2, 0.25) is 0 Å². The zero-order chi connectivity index (χ0) is 13.2. The molecule has 0 bridgehead atoms. The fourth-order valence-corrected chi connectivity index (χ4v) is 2.28. The highest BCUT2D eigenvalue weighted by molar-refractivity contribution is 7.11. The van der Waals surface area contributed by atoms with Gasteiger partial charge < -0.3 is 11.1 Å². The predicted octanol–water partition coefficient (Wildman–Crippen LogP) is 2.59. The Morgan fingerprint density at radius 1 is 1.37 bits per heavy atom. The summed E-state index contributed by atoms with van der Waals surface area (Å²) in [5.41, 5.74) is 6.64. The highest BCUT2D eigenvalue weighted by Gasteiger charge is 2.27. The number of hydrogen-bond donors (Lipinski definition) is 2. The van der Waals surface area contributed by atoms with Gasteiger partial charge >= 0.3 is 0 Å². The number of amides is 1. The number of hydrogen-bond acceptors (Lipinski definition) is 4. The summed E-state index contributed by atoms with van der Waals surface area (Å²) >= 11 is 1.61. The van der Waals surface area contributed by atoms with Crippen LogP contribution in [0.15, 0.2) is 0 Å². The number of nitrogens with one attached hydrogen (secondary N) is 1. The van der Waals surface area contributed by atoms with Crippen LogP contribution in [0.4, 0.5) is 0 Å². The van der Waals surface area contributed by atoms with Crippen LogP contribution in [0, 0.1) is 19.3 Å². The Balaban J connectivity index is 0. The van der Waals surface area contributed by atoms with Crippen LogP contribution in [0.1, 0.15) is 36.3 Å². The van der Waals surface area contributed by atoms with Crippen LogP contribution < -0.4 is 11.1 Å². The van der Waals surface area contributed by atoms with Crippen LogP contribution in [-0.2, 0) is 11.3 Å². The van der Waals surface area contributed by atoms with Crippen molar-refractivity contribution in [1.82, 2.24) is 10.3 Å². The Morgan fingerprint density at radius 2 is 1.89 bits per heavy atom. The molecule has 4 nitrogen and oxygen atoms in total. The number of aromatic nitrogens is 1. The van der Waals surface area contributed by atoms with E-state index in [0.29, 0.717) is 6.54 Å². The van der Waals surface area contributed by atoms with E-state index in [2.05, 4.69) is 10.3 Å². The van der Waals surface area contributed by atoms with E-state index in [0.717, 1.165) is 15.6 Å². The van der Waals surface area contributed by atoms with Gasteiger partial charge in [0.15, 0.2) is 0 Å². The number of aryl methyl sites for hydroxylation is 2. The number of nitrogens with zero attached hydrogens (tertiary/aromatic N) is 1. The van der Waals surface area contributed by atoms with Crippen molar-refractivity contribution in [1.29, 1.82) is 0 Å². The summed E-state index contributed by atoms with van der Waals surface area (Å²) in [6, 6.07) is -0.489. The molecule has 0 radical (unpaired) electrons. The second kappa shape index (κ2) is 8.04. The third-order valence-electron chi connectivity index (χ3n) is 2.64. The van der Waals surface area contributed by atoms with Crippen LogP contribution >= 0.6 is 36.2 Å². The molecule has 1 heterocycles. The molecule has 1 aromatic heterocycles. The van der Waals surface area contributed by atoms with E-state index in [1.54, 1.807) is 11.3 Å². The lowest BCUT2D eigenvalue weighted by molar-refractivity contribution is -0.124. The van der Waals surface area contributed by atoms with Gasteiger partial charge in [0, 0.05) is 4.88 Å². The molecule has 0 saturated heterocycles. The Bertz CT molecular complexity index is 416. The van der Waals surface area contributed by atoms with E-state index in [1.807, 2.05) is 34.6 Å². The lowest BCUT2D eigenvalue weighted by Crippen LogP contribution is -2.48. The van der Waals surface area contributed by atoms with Gasteiger partial charge in [-0.3, -0.25) is 4.79 Å². The van der Waals surface area contributed by atoms with Gasteiger partial charge in [-0.2, -0.15) is 0 Å². The molecule has 0 fully saturated rings. The molecule has 0 saturated carbocycles. The van der Waals surface area contributed by atoms with Crippen LogP contribution in [-0.4, -0.2) is 16.9 Å². The summed E-state index contributed by atoms with van der Waals surface area (Å²) in [4.78, 5) is 17.2. The maximum absolute atomic E-state index is 11.8. The molecule has 0 spiro atoms. The summed E-state index contributed by atoms with van der Waals surface area (Å²) in [6.07, 6.45) is 0. The molecule has 0 aliphatic heterocycles. The Labute approximate surface area is 131 Å². The molecule has 1 aromatic rings. The second-order valence-corrected chi connectivity index (χ2v) is 6.59. The van der Waals surface area contributed by atoms with Gasteiger partial charge in [0.05, 0.1) is 23.3 Å². The largest absolute Gasteiger partial charge is 0.350 e. The summed E-state index contributed by atoms with van der Waals surface area (Å²) in [6.45, 7) is 10.3. The average Bonchev–Trinajstić information content (AvgIpc) is 2.51. The maximum Gasteiger partial charge on any atom is 0.237 e. The highest BCUT2D eigenvalue weighted by atomic mass is 35.5. The first-order valence-corrected chi connectivity index (χ1v) is 6.49. The van der Waals surface area contributed by atoms with Gasteiger partial charge in [-0.05, 0) is 19.3 Å². The zero-order valence-corrected chi connectivity index (χ0v) is 14.4. The first-order valence-electron chi connectivity index (χ1n) is 5.68. The van der Waals surface area contributed by atoms with E-state index < -0.39 is 6.04 Å². The van der Waals surface area contributed by atoms with E-state index in [4.69, 9.17) is 5.73 Å². The van der Waals surface area contributed by atoms with E-state index >= 15 is 0 Å². The molecule has 112 valence electrons. The molecule has 19 heavy (non-hydrogen) atoms. The normalized spacial score (nSPS) is 12.1. The van der Waals surface area contributed by atoms with Crippen molar-refractivity contribution in [3.8, 4) is 0 Å². The van der Waals surface area contributed by atoms with Crippen molar-refractivity contribution in [2.45, 2.75) is 47.2 Å². The van der Waals surface area contributed by atoms with Gasteiger partial charge in [0.25, 0.3) is 0 Å². The van der Waals surface area contributed by atoms with Crippen LogP contribution in [0.3, 0.4) is 0 Å². The maximum atomic E-state index is 11.8. The third kappa shape index (κ3) is 6.08. The lowest BCUT2D eigenvalue weighted by Gasteiger charge is -2.25. The van der Waals surface area contributed by atoms with Crippen molar-refractivity contribution < 1.29 is 4.79 Å². The van der Waals surface area contributed by atoms with Gasteiger partial charge in [0.2, 0.25) is 5.91 Å². The van der Waals surface area contributed by atoms with Gasteiger partial charge in [-0.25, -0.2) is 4.98 Å². The fraction of sp³-hybridized carbons (Fsp3) is 0.667. The first kappa shape index (κ1) is 20.9. The smallest absolute Gasteiger partial charge is 0.237 e. The second-order valence-electron chi connectivity index (χ2n) is 5.30. The van der Waals surface area contributed by atoms with Gasteiger partial charge in [0.1, 0.15) is 0 Å². The van der Waals surface area contributed by atoms with Gasteiger partial charge in [-0.15, -0.1) is 36.2 Å². The Kier molecular flexibility index (Phi) is 8.87. The van der Waals surface area contributed by atoms with Crippen molar-refractivity contribution in [2.24, 2.45) is 11.1 Å². The summed E-state index contributed by atoms with van der Waals surface area (Å²) in [5, 5.41) is 3.89. The van der Waals surface area contributed by atoms with Gasteiger partial charge in [-0.1, -0.05) is 20.8 Å². The quantitative estimate of drug-likeness (QED) is 0.896. The molecule has 7 heteroatoms.